The standard InChI is InChI=1S/C27H25ClN2O4/c28-17-10-12-18(13-11-17)29-24(33)15-34-19-5-1-4-16(14-19)25-26-20(6-2-8-22(26)31)30-21-7-3-9-23(32)27(21)25/h1,4-5,10-14,25,30H,2-3,6-9,15H2,(H,29,33). The smallest absolute Gasteiger partial charge is 0.262 e. The fourth-order valence-corrected chi connectivity index (χ4v) is 5.11. The van der Waals surface area contributed by atoms with Gasteiger partial charge in [0.25, 0.3) is 5.91 Å². The summed E-state index contributed by atoms with van der Waals surface area (Å²) < 4.78 is 5.77. The molecular weight excluding hydrogens is 452 g/mol. The number of amides is 1. The minimum Gasteiger partial charge on any atom is -0.484 e. The summed E-state index contributed by atoms with van der Waals surface area (Å²) in [5, 5.41) is 6.78. The van der Waals surface area contributed by atoms with E-state index in [-0.39, 0.29) is 24.1 Å². The Morgan fingerprint density at radius 2 is 1.59 bits per heavy atom. The molecule has 0 aromatic heterocycles. The summed E-state index contributed by atoms with van der Waals surface area (Å²) >= 11 is 5.88. The van der Waals surface area contributed by atoms with Crippen LogP contribution in [0, 0.1) is 0 Å². The molecule has 6 nitrogen and oxygen atoms in total. The fourth-order valence-electron chi connectivity index (χ4n) is 4.98. The normalized spacial score (nSPS) is 18.3. The van der Waals surface area contributed by atoms with E-state index in [4.69, 9.17) is 16.3 Å². The molecule has 0 fully saturated rings. The molecule has 1 heterocycles. The number of anilines is 1. The Morgan fingerprint density at radius 3 is 2.24 bits per heavy atom. The number of hydrogen-bond donors (Lipinski definition) is 2. The summed E-state index contributed by atoms with van der Waals surface area (Å²) in [4.78, 5) is 38.3. The average Bonchev–Trinajstić information content (AvgIpc) is 2.83. The molecule has 5 rings (SSSR count). The van der Waals surface area contributed by atoms with Crippen molar-refractivity contribution in [1.82, 2.24) is 5.32 Å². The molecule has 174 valence electrons. The summed E-state index contributed by atoms with van der Waals surface area (Å²) in [5.41, 5.74) is 4.78. The molecule has 0 atom stereocenters. The van der Waals surface area contributed by atoms with Crippen molar-refractivity contribution in [1.29, 1.82) is 0 Å². The lowest BCUT2D eigenvalue weighted by Gasteiger charge is -2.37. The Bertz CT molecular complexity index is 1190. The quantitative estimate of drug-likeness (QED) is 0.630. The molecular formula is C27H25ClN2O4. The van der Waals surface area contributed by atoms with E-state index < -0.39 is 5.92 Å². The van der Waals surface area contributed by atoms with Crippen LogP contribution in [0.25, 0.3) is 0 Å². The van der Waals surface area contributed by atoms with Crippen LogP contribution < -0.4 is 15.4 Å². The molecule has 0 radical (unpaired) electrons. The van der Waals surface area contributed by atoms with Crippen molar-refractivity contribution in [2.75, 3.05) is 11.9 Å². The molecule has 2 aromatic rings. The molecule has 0 unspecified atom stereocenters. The zero-order valence-electron chi connectivity index (χ0n) is 18.7. The highest BCUT2D eigenvalue weighted by Crippen LogP contribution is 2.45. The van der Waals surface area contributed by atoms with Gasteiger partial charge < -0.3 is 15.4 Å². The molecule has 7 heteroatoms. The number of ether oxygens (including phenoxy) is 1. The van der Waals surface area contributed by atoms with Crippen LogP contribution in [-0.4, -0.2) is 24.1 Å². The van der Waals surface area contributed by atoms with E-state index >= 15 is 0 Å². The van der Waals surface area contributed by atoms with Crippen molar-refractivity contribution in [3.63, 3.8) is 0 Å². The van der Waals surface area contributed by atoms with Gasteiger partial charge in [-0.15, -0.1) is 0 Å². The number of ketones is 2. The van der Waals surface area contributed by atoms with Gasteiger partial charge in [-0.05, 0) is 67.6 Å². The van der Waals surface area contributed by atoms with Crippen LogP contribution in [0.1, 0.15) is 50.0 Å². The maximum Gasteiger partial charge on any atom is 0.262 e. The summed E-state index contributed by atoms with van der Waals surface area (Å²) in [5.74, 6) is 0.0144. The van der Waals surface area contributed by atoms with Gasteiger partial charge in [0.15, 0.2) is 18.2 Å². The summed E-state index contributed by atoms with van der Waals surface area (Å²) in [6.07, 6.45) is 4.25. The van der Waals surface area contributed by atoms with E-state index in [0.29, 0.717) is 40.4 Å². The van der Waals surface area contributed by atoms with Crippen molar-refractivity contribution in [2.24, 2.45) is 0 Å². The van der Waals surface area contributed by atoms with Crippen molar-refractivity contribution in [2.45, 2.75) is 44.4 Å². The van der Waals surface area contributed by atoms with E-state index in [1.165, 1.54) is 0 Å². The molecule has 1 aliphatic heterocycles. The Balaban J connectivity index is 1.39. The second-order valence-electron chi connectivity index (χ2n) is 8.81. The molecule has 0 bridgehead atoms. The highest BCUT2D eigenvalue weighted by Gasteiger charge is 2.40. The fraction of sp³-hybridized carbons (Fsp3) is 0.296. The lowest BCUT2D eigenvalue weighted by molar-refractivity contribution is -0.118. The zero-order valence-corrected chi connectivity index (χ0v) is 19.4. The zero-order chi connectivity index (χ0) is 23.7. The summed E-state index contributed by atoms with van der Waals surface area (Å²) in [6, 6.07) is 14.2. The number of halogens is 1. The second kappa shape index (κ2) is 9.47. The number of carbonyl (C=O) groups is 3. The van der Waals surface area contributed by atoms with Gasteiger partial charge >= 0.3 is 0 Å². The summed E-state index contributed by atoms with van der Waals surface area (Å²) in [6.45, 7) is -0.169. The van der Waals surface area contributed by atoms with Gasteiger partial charge in [0.05, 0.1) is 0 Å². The largest absolute Gasteiger partial charge is 0.484 e. The molecule has 2 aromatic carbocycles. The van der Waals surface area contributed by atoms with Crippen LogP contribution in [0.2, 0.25) is 5.02 Å². The van der Waals surface area contributed by atoms with E-state index in [1.807, 2.05) is 18.2 Å². The Morgan fingerprint density at radius 1 is 0.941 bits per heavy atom. The Hall–Kier alpha value is -3.38. The molecule has 0 spiro atoms. The molecule has 0 saturated carbocycles. The first-order valence-electron chi connectivity index (χ1n) is 11.6. The van der Waals surface area contributed by atoms with Gasteiger partial charge in [-0.3, -0.25) is 14.4 Å². The van der Waals surface area contributed by atoms with Crippen LogP contribution in [0.5, 0.6) is 5.75 Å². The van der Waals surface area contributed by atoms with E-state index in [2.05, 4.69) is 10.6 Å². The minimum atomic E-state index is -0.390. The molecule has 34 heavy (non-hydrogen) atoms. The number of Topliss-reactive ketones (excluding diaryl/α,β-unsaturated/α-hetero) is 2. The van der Waals surface area contributed by atoms with Crippen LogP contribution in [0.15, 0.2) is 71.1 Å². The number of dihydropyridines is 1. The lowest BCUT2D eigenvalue weighted by Crippen LogP contribution is -2.36. The van der Waals surface area contributed by atoms with E-state index in [9.17, 15) is 14.4 Å². The Kier molecular flexibility index (Phi) is 6.24. The van der Waals surface area contributed by atoms with Crippen LogP contribution in [-0.2, 0) is 14.4 Å². The first-order chi connectivity index (χ1) is 16.5. The maximum atomic E-state index is 13.0. The third kappa shape index (κ3) is 4.50. The SMILES string of the molecule is O=C(COc1cccc(C2C3=C(CCCC3=O)NC3=C2C(=O)CCC3)c1)Nc1ccc(Cl)cc1. The number of allylic oxidation sites excluding steroid dienone is 4. The average molecular weight is 477 g/mol. The topological polar surface area (TPSA) is 84.5 Å². The van der Waals surface area contributed by atoms with Crippen molar-refractivity contribution >= 4 is 34.8 Å². The third-order valence-corrected chi connectivity index (χ3v) is 6.73. The minimum absolute atomic E-state index is 0.0948. The van der Waals surface area contributed by atoms with Crippen LogP contribution in [0.3, 0.4) is 0 Å². The second-order valence-corrected chi connectivity index (χ2v) is 9.25. The van der Waals surface area contributed by atoms with Crippen molar-refractivity contribution < 1.29 is 19.1 Å². The predicted molar refractivity (Wildman–Crippen MR) is 130 cm³/mol. The Labute approximate surface area is 203 Å². The highest BCUT2D eigenvalue weighted by molar-refractivity contribution is 6.30. The van der Waals surface area contributed by atoms with Gasteiger partial charge in [0.1, 0.15) is 5.75 Å². The first-order valence-corrected chi connectivity index (χ1v) is 11.9. The first kappa shape index (κ1) is 22.4. The van der Waals surface area contributed by atoms with Crippen LogP contribution in [0.4, 0.5) is 5.69 Å². The summed E-state index contributed by atoms with van der Waals surface area (Å²) in [7, 11) is 0. The molecule has 2 N–H and O–H groups in total. The monoisotopic (exact) mass is 476 g/mol. The van der Waals surface area contributed by atoms with E-state index in [1.54, 1.807) is 30.3 Å². The number of rotatable bonds is 5. The molecule has 0 saturated heterocycles. The molecule has 1 amide bonds. The molecule has 2 aliphatic carbocycles. The van der Waals surface area contributed by atoms with Gasteiger partial charge in [-0.2, -0.15) is 0 Å². The molecule has 3 aliphatic rings. The number of benzene rings is 2. The van der Waals surface area contributed by atoms with E-state index in [0.717, 1.165) is 42.6 Å². The highest BCUT2D eigenvalue weighted by atomic mass is 35.5. The van der Waals surface area contributed by atoms with Gasteiger partial charge in [0, 0.05) is 52.0 Å². The number of hydrogen-bond acceptors (Lipinski definition) is 5. The maximum absolute atomic E-state index is 13.0. The van der Waals surface area contributed by atoms with Crippen molar-refractivity contribution in [3.8, 4) is 5.75 Å². The van der Waals surface area contributed by atoms with Gasteiger partial charge in [-0.25, -0.2) is 0 Å². The number of carbonyl (C=O) groups excluding carboxylic acids is 3. The van der Waals surface area contributed by atoms with Gasteiger partial charge in [0.2, 0.25) is 0 Å². The van der Waals surface area contributed by atoms with Gasteiger partial charge in [-0.1, -0.05) is 23.7 Å². The third-order valence-electron chi connectivity index (χ3n) is 6.48. The number of nitrogens with one attached hydrogen (secondary N) is 2. The van der Waals surface area contributed by atoms with Crippen molar-refractivity contribution in [3.05, 3.63) is 81.7 Å². The van der Waals surface area contributed by atoms with Crippen LogP contribution >= 0.6 is 11.6 Å². The predicted octanol–water partition coefficient (Wildman–Crippen LogP) is 5.06. The lowest BCUT2D eigenvalue weighted by atomic mass is 9.71.